The molecule has 224 valence electrons. The molecule has 0 spiro atoms. The van der Waals surface area contributed by atoms with Crippen molar-refractivity contribution >= 4 is 18.3 Å². The Hall–Kier alpha value is -2.89. The van der Waals surface area contributed by atoms with Crippen molar-refractivity contribution in [1.82, 2.24) is 10.2 Å². The number of carboxylic acid groups (broad SMARTS) is 1. The van der Waals surface area contributed by atoms with Crippen molar-refractivity contribution in [3.05, 3.63) is 29.3 Å². The van der Waals surface area contributed by atoms with Crippen molar-refractivity contribution in [2.45, 2.75) is 37.3 Å². The van der Waals surface area contributed by atoms with E-state index in [1.54, 1.807) is 0 Å². The molecule has 5 atom stereocenters. The summed E-state index contributed by atoms with van der Waals surface area (Å²) in [6.07, 6.45) is -9.17. The molecule has 15 heteroatoms. The molecule has 2 saturated heterocycles. The number of aliphatic hydroxyl groups excluding tert-OH is 3. The highest BCUT2D eigenvalue weighted by molar-refractivity contribution is 5.97. The van der Waals surface area contributed by atoms with Crippen molar-refractivity contribution in [1.29, 1.82) is 0 Å². The Balaban J connectivity index is 1.50. The van der Waals surface area contributed by atoms with Gasteiger partial charge >= 0.3 is 5.97 Å². The number of aliphatic hydroxyl groups is 3. The van der Waals surface area contributed by atoms with Crippen LogP contribution >= 0.6 is 0 Å². The standard InChI is InChI=1S/C25H36N2O13/c28-15-38-14-16-1-2-18(39-25-21(31)19(29)20(30)22(40-25)24(33)34)17(13-16)23(32)26-3-7-35-11-12-37-10-6-27-4-8-36-9-5-27/h1-2,13,15,19-22,25,29-31H,3-12,14H2,(H,26,32)(H,33,34)/t19-,20-,21+,22-,25+/m0/s1. The van der Waals surface area contributed by atoms with Gasteiger partial charge in [-0.15, -0.1) is 0 Å². The maximum Gasteiger partial charge on any atom is 0.335 e. The molecule has 1 amide bonds. The van der Waals surface area contributed by atoms with Crippen molar-refractivity contribution in [3.63, 3.8) is 0 Å². The molecule has 1 aromatic carbocycles. The molecule has 15 nitrogen and oxygen atoms in total. The van der Waals surface area contributed by atoms with Crippen LogP contribution in [0.25, 0.3) is 0 Å². The van der Waals surface area contributed by atoms with Gasteiger partial charge in [-0.2, -0.15) is 0 Å². The number of carbonyl (C=O) groups is 3. The highest BCUT2D eigenvalue weighted by atomic mass is 16.7. The molecule has 2 aliphatic rings. The van der Waals surface area contributed by atoms with Crippen LogP contribution in [-0.2, 0) is 39.9 Å². The lowest BCUT2D eigenvalue weighted by atomic mass is 9.99. The molecule has 0 bridgehead atoms. The summed E-state index contributed by atoms with van der Waals surface area (Å²) in [5, 5.41) is 42.1. The Bertz CT molecular complexity index is 959. The zero-order chi connectivity index (χ0) is 28.9. The topological polar surface area (TPSA) is 203 Å². The molecule has 5 N–H and O–H groups in total. The predicted molar refractivity (Wildman–Crippen MR) is 133 cm³/mol. The quantitative estimate of drug-likeness (QED) is 0.105. The number of rotatable bonds is 16. The number of morpholine rings is 1. The minimum Gasteiger partial charge on any atom is -0.479 e. The number of benzene rings is 1. The third-order valence-corrected chi connectivity index (χ3v) is 6.22. The lowest BCUT2D eigenvalue weighted by molar-refractivity contribution is -0.271. The number of aliphatic carboxylic acids is 1. The molecule has 0 radical (unpaired) electrons. The van der Waals surface area contributed by atoms with Gasteiger partial charge in [-0.05, 0) is 17.7 Å². The highest BCUT2D eigenvalue weighted by Gasteiger charge is 2.48. The van der Waals surface area contributed by atoms with Gasteiger partial charge in [0.25, 0.3) is 12.4 Å². The number of nitrogens with one attached hydrogen (secondary N) is 1. The van der Waals surface area contributed by atoms with Gasteiger partial charge in [-0.3, -0.25) is 14.5 Å². The summed E-state index contributed by atoms with van der Waals surface area (Å²) in [6.45, 7) is 5.82. The number of hydrogen-bond donors (Lipinski definition) is 5. The fraction of sp³-hybridized carbons (Fsp3) is 0.640. The third kappa shape index (κ3) is 9.35. The Labute approximate surface area is 230 Å². The number of carbonyl (C=O) groups excluding carboxylic acids is 2. The molecular weight excluding hydrogens is 536 g/mol. The number of hydrogen-bond acceptors (Lipinski definition) is 13. The summed E-state index contributed by atoms with van der Waals surface area (Å²) >= 11 is 0. The lowest BCUT2D eigenvalue weighted by Gasteiger charge is -2.38. The van der Waals surface area contributed by atoms with Crippen LogP contribution in [0.2, 0.25) is 0 Å². The van der Waals surface area contributed by atoms with Gasteiger partial charge in [0.15, 0.2) is 6.10 Å². The Kier molecular flexibility index (Phi) is 13.0. The second-order valence-corrected chi connectivity index (χ2v) is 9.03. The van der Waals surface area contributed by atoms with E-state index in [9.17, 15) is 34.8 Å². The summed E-state index contributed by atoms with van der Waals surface area (Å²) in [6, 6.07) is 4.20. The van der Waals surface area contributed by atoms with E-state index in [4.69, 9.17) is 28.4 Å². The second-order valence-electron chi connectivity index (χ2n) is 9.03. The summed E-state index contributed by atoms with van der Waals surface area (Å²) < 4.78 is 31.8. The Morgan fingerprint density at radius 3 is 2.45 bits per heavy atom. The Morgan fingerprint density at radius 2 is 1.75 bits per heavy atom. The van der Waals surface area contributed by atoms with Gasteiger partial charge < -0.3 is 54.2 Å². The zero-order valence-electron chi connectivity index (χ0n) is 21.9. The number of amides is 1. The maximum atomic E-state index is 12.9. The first-order valence-corrected chi connectivity index (χ1v) is 12.8. The maximum absolute atomic E-state index is 12.9. The highest BCUT2D eigenvalue weighted by Crippen LogP contribution is 2.28. The lowest BCUT2D eigenvalue weighted by Crippen LogP contribution is -2.61. The molecule has 0 aliphatic carbocycles. The van der Waals surface area contributed by atoms with E-state index < -0.39 is 42.6 Å². The minimum absolute atomic E-state index is 0.0401. The van der Waals surface area contributed by atoms with Gasteiger partial charge in [0.1, 0.15) is 30.7 Å². The van der Waals surface area contributed by atoms with Crippen LogP contribution in [-0.4, -0.2) is 140 Å². The first-order chi connectivity index (χ1) is 19.3. The van der Waals surface area contributed by atoms with Crippen LogP contribution in [0.1, 0.15) is 15.9 Å². The molecule has 3 rings (SSSR count). The number of nitrogens with zero attached hydrogens (tertiary/aromatic N) is 1. The van der Waals surface area contributed by atoms with Gasteiger partial charge in [-0.1, -0.05) is 6.07 Å². The van der Waals surface area contributed by atoms with Gasteiger partial charge in [0.2, 0.25) is 6.29 Å². The summed E-state index contributed by atoms with van der Waals surface area (Å²) in [7, 11) is 0. The zero-order valence-corrected chi connectivity index (χ0v) is 21.9. The van der Waals surface area contributed by atoms with Crippen LogP contribution in [0, 0.1) is 0 Å². The SMILES string of the molecule is O=COCc1ccc(O[C@@H]2O[C@H](C(=O)O)[C@@H](O)[C@H](O)[C@H]2O)c(C(=O)NCCOCCOCCN2CCOCC2)c1. The van der Waals surface area contributed by atoms with Crippen molar-refractivity contribution in [3.8, 4) is 5.75 Å². The van der Waals surface area contributed by atoms with Crippen LogP contribution in [0.5, 0.6) is 5.75 Å². The molecule has 1 aromatic rings. The van der Waals surface area contributed by atoms with Crippen LogP contribution < -0.4 is 10.1 Å². The van der Waals surface area contributed by atoms with E-state index in [-0.39, 0.29) is 37.5 Å². The van der Waals surface area contributed by atoms with Crippen LogP contribution in [0.3, 0.4) is 0 Å². The molecule has 2 aliphatic heterocycles. The second kappa shape index (κ2) is 16.4. The van der Waals surface area contributed by atoms with Crippen molar-refractivity contribution in [2.24, 2.45) is 0 Å². The summed E-state index contributed by atoms with van der Waals surface area (Å²) in [5.74, 6) is -2.29. The monoisotopic (exact) mass is 572 g/mol. The first kappa shape index (κ1) is 31.6. The van der Waals surface area contributed by atoms with Gasteiger partial charge in [0, 0.05) is 26.2 Å². The third-order valence-electron chi connectivity index (χ3n) is 6.22. The van der Waals surface area contributed by atoms with E-state index in [2.05, 4.69) is 10.2 Å². The van der Waals surface area contributed by atoms with Crippen molar-refractivity contribution < 1.29 is 63.2 Å². The van der Waals surface area contributed by atoms with E-state index >= 15 is 0 Å². The number of ether oxygens (including phenoxy) is 6. The fourth-order valence-corrected chi connectivity index (χ4v) is 4.02. The molecule has 0 saturated carbocycles. The predicted octanol–water partition coefficient (Wildman–Crippen LogP) is -2.27. The average molecular weight is 573 g/mol. The van der Waals surface area contributed by atoms with E-state index in [0.717, 1.165) is 32.8 Å². The van der Waals surface area contributed by atoms with Crippen LogP contribution in [0.15, 0.2) is 18.2 Å². The summed E-state index contributed by atoms with van der Waals surface area (Å²) in [5.41, 5.74) is 0.404. The normalized spacial score (nSPS) is 25.2. The van der Waals surface area contributed by atoms with Gasteiger partial charge in [0.05, 0.1) is 45.2 Å². The molecular formula is C25H36N2O13. The smallest absolute Gasteiger partial charge is 0.335 e. The Morgan fingerprint density at radius 1 is 1.02 bits per heavy atom. The molecule has 0 aromatic heterocycles. The molecule has 2 heterocycles. The van der Waals surface area contributed by atoms with Crippen molar-refractivity contribution in [2.75, 3.05) is 65.8 Å². The molecule has 2 fully saturated rings. The van der Waals surface area contributed by atoms with Crippen LogP contribution in [0.4, 0.5) is 0 Å². The van der Waals surface area contributed by atoms with Gasteiger partial charge in [-0.25, -0.2) is 4.79 Å². The summed E-state index contributed by atoms with van der Waals surface area (Å²) in [4.78, 5) is 37.2. The van der Waals surface area contributed by atoms with E-state index in [0.29, 0.717) is 25.4 Å². The fourth-order valence-electron chi connectivity index (χ4n) is 4.02. The first-order valence-electron chi connectivity index (χ1n) is 12.8. The average Bonchev–Trinajstić information content (AvgIpc) is 2.96. The number of carboxylic acids is 1. The molecule has 40 heavy (non-hydrogen) atoms. The van der Waals surface area contributed by atoms with E-state index in [1.807, 2.05) is 0 Å². The molecule has 0 unspecified atom stereocenters. The van der Waals surface area contributed by atoms with E-state index in [1.165, 1.54) is 18.2 Å². The minimum atomic E-state index is -1.90. The largest absolute Gasteiger partial charge is 0.479 e.